The van der Waals surface area contributed by atoms with Gasteiger partial charge >= 0.3 is 292 Å². The molecule has 2 aromatic heterocycles. The van der Waals surface area contributed by atoms with Gasteiger partial charge in [-0.2, -0.15) is 0 Å². The predicted molar refractivity (Wildman–Crippen MR) is 223 cm³/mol. The Labute approximate surface area is 303 Å². The summed E-state index contributed by atoms with van der Waals surface area (Å²) in [7, 11) is 0. The van der Waals surface area contributed by atoms with Crippen LogP contribution in [-0.2, 0) is 12.8 Å². The summed E-state index contributed by atoms with van der Waals surface area (Å²) in [6.45, 7) is 9.47. The van der Waals surface area contributed by atoms with Crippen LogP contribution in [0, 0.1) is 11.8 Å². The van der Waals surface area contributed by atoms with Gasteiger partial charge in [0.2, 0.25) is 0 Å². The number of rotatable bonds is 24. The monoisotopic (exact) mass is 882 g/mol. The number of hydrogen-bond donors (Lipinski definition) is 0. The third-order valence-corrected chi connectivity index (χ3v) is 31.9. The van der Waals surface area contributed by atoms with Gasteiger partial charge in [0, 0.05) is 0 Å². The van der Waals surface area contributed by atoms with Crippen molar-refractivity contribution in [1.82, 2.24) is 0 Å². The number of hydrogen-bond acceptors (Lipinski definition) is 2. The second kappa shape index (κ2) is 20.6. The van der Waals surface area contributed by atoms with Gasteiger partial charge in [0.1, 0.15) is 0 Å². The fraction of sp³-hybridized carbons (Fsp3) is 0.762. The van der Waals surface area contributed by atoms with E-state index in [1.54, 1.807) is 37.1 Å². The van der Waals surface area contributed by atoms with Crippen LogP contribution in [0.3, 0.4) is 0 Å². The first kappa shape index (κ1) is 41.2. The summed E-state index contributed by atoms with van der Waals surface area (Å²) < 4.78 is 7.02. The van der Waals surface area contributed by atoms with E-state index in [2.05, 4.69) is 92.1 Å². The Morgan fingerprint density at radius 1 is 0.457 bits per heavy atom. The predicted octanol–water partition coefficient (Wildman–Crippen LogP) is 14.6. The molecule has 0 bridgehead atoms. The first-order valence-corrected chi connectivity index (χ1v) is 41.6. The van der Waals surface area contributed by atoms with Gasteiger partial charge in [-0.15, -0.1) is 0 Å². The molecule has 1 aromatic carbocycles. The van der Waals surface area contributed by atoms with Gasteiger partial charge in [-0.3, -0.25) is 0 Å². The van der Waals surface area contributed by atoms with Gasteiger partial charge in [-0.1, -0.05) is 13.8 Å². The fourth-order valence-electron chi connectivity index (χ4n) is 7.43. The molecule has 2 unspecified atom stereocenters. The molecule has 4 heteroatoms. The van der Waals surface area contributed by atoms with E-state index in [1.807, 2.05) is 0 Å². The quantitative estimate of drug-likeness (QED) is 0.0621. The molecule has 3 rings (SSSR count). The molecule has 3 aromatic rings. The van der Waals surface area contributed by atoms with Crippen molar-refractivity contribution in [3.63, 3.8) is 0 Å². The van der Waals surface area contributed by atoms with Crippen LogP contribution in [0.15, 0.2) is 12.1 Å². The third-order valence-electron chi connectivity index (χ3n) is 10.6. The van der Waals surface area contributed by atoms with Gasteiger partial charge in [0.05, 0.1) is 0 Å². The molecule has 2 atom stereocenters. The van der Waals surface area contributed by atoms with Crippen LogP contribution in [0.5, 0.6) is 0 Å². The normalized spacial score (nSPS) is 14.1. The van der Waals surface area contributed by atoms with Crippen LogP contribution in [0.1, 0.15) is 154 Å². The van der Waals surface area contributed by atoms with E-state index in [0.717, 1.165) is 11.8 Å². The Balaban J connectivity index is 2.08. The number of aryl methyl sites for hydroxylation is 2. The molecular formula is C42H74S2Sn2. The fourth-order valence-corrected chi connectivity index (χ4v) is 20.4. The van der Waals surface area contributed by atoms with Crippen molar-refractivity contribution in [2.24, 2.45) is 11.8 Å². The second-order valence-electron chi connectivity index (χ2n) is 17.0. The summed E-state index contributed by atoms with van der Waals surface area (Å²) in [5.41, 5.74) is 3.52. The molecule has 0 saturated carbocycles. The number of thiophene rings is 2. The molecule has 2 heterocycles. The summed E-state index contributed by atoms with van der Waals surface area (Å²) in [5, 5.41) is 3.39. The van der Waals surface area contributed by atoms with Crippen LogP contribution in [0.2, 0.25) is 29.6 Å². The van der Waals surface area contributed by atoms with E-state index in [-0.39, 0.29) is 0 Å². The van der Waals surface area contributed by atoms with Gasteiger partial charge in [-0.05, 0) is 0 Å². The Bertz CT molecular complexity index is 1130. The molecule has 0 N–H and O–H groups in total. The Morgan fingerprint density at radius 2 is 0.804 bits per heavy atom. The molecule has 0 aliphatic carbocycles. The third kappa shape index (κ3) is 12.5. The van der Waals surface area contributed by atoms with Crippen molar-refractivity contribution in [2.75, 3.05) is 0 Å². The van der Waals surface area contributed by atoms with Gasteiger partial charge < -0.3 is 0 Å². The van der Waals surface area contributed by atoms with Crippen LogP contribution < -0.4 is 5.79 Å². The maximum absolute atomic E-state index is 2.76. The first-order chi connectivity index (χ1) is 21.9. The van der Waals surface area contributed by atoms with E-state index in [1.165, 1.54) is 128 Å². The summed E-state index contributed by atoms with van der Waals surface area (Å²) in [6.07, 6.45) is 27.9. The van der Waals surface area contributed by atoms with E-state index >= 15 is 0 Å². The molecule has 46 heavy (non-hydrogen) atoms. The van der Waals surface area contributed by atoms with Crippen molar-refractivity contribution >= 4 is 85.4 Å². The van der Waals surface area contributed by atoms with Crippen molar-refractivity contribution in [1.29, 1.82) is 0 Å². The molecular weight excluding hydrogens is 806 g/mol. The van der Waals surface area contributed by atoms with Gasteiger partial charge in [-0.25, -0.2) is 0 Å². The standard InChI is InChI=1S/C36H56S2.6CH3.2Sn/c1-5-9-13-15-19-29(17-11-7-3)21-23-31-33-25-27-38-36(33)32(34-26-28-37-35(31)34)24-22-30(18-12-8-4)20-16-14-10-6-2;;;;;;;;/h25-26,29-30H,5-24H2,1-4H3;6*1H3;;. The Hall–Kier alpha value is 0.737. The molecule has 0 aliphatic heterocycles. The van der Waals surface area contributed by atoms with Crippen molar-refractivity contribution in [2.45, 2.75) is 186 Å². The number of unbranched alkanes of at least 4 members (excludes halogenated alkanes) is 8. The molecule has 0 radical (unpaired) electrons. The Morgan fingerprint density at radius 3 is 1.13 bits per heavy atom. The maximum atomic E-state index is 2.76. The summed E-state index contributed by atoms with van der Waals surface area (Å²) in [6, 6.07) is 5.52. The van der Waals surface area contributed by atoms with Crippen LogP contribution in [0.25, 0.3) is 20.2 Å². The SMILES string of the molecule is CCCCCCC(CCCC)CCc1c2c[c]([Sn]([CH3])([CH3])[CH3])sc2c(CCC(CCCC)CCCCCC)c2c[c]([Sn]([CH3])([CH3])[CH3])sc12. The van der Waals surface area contributed by atoms with Gasteiger partial charge in [0.25, 0.3) is 0 Å². The van der Waals surface area contributed by atoms with E-state index in [9.17, 15) is 0 Å². The summed E-state index contributed by atoms with van der Waals surface area (Å²) >= 11 is 0.0634. The average Bonchev–Trinajstić information content (AvgIpc) is 3.65. The van der Waals surface area contributed by atoms with Crippen LogP contribution in [0.4, 0.5) is 0 Å². The summed E-state index contributed by atoms with van der Waals surface area (Å²) in [4.78, 5) is 15.8. The van der Waals surface area contributed by atoms with Crippen LogP contribution in [-0.4, -0.2) is 36.8 Å². The molecule has 0 aliphatic rings. The second-order valence-corrected chi connectivity index (χ2v) is 49.9. The van der Waals surface area contributed by atoms with E-state index in [0.29, 0.717) is 0 Å². The average molecular weight is 881 g/mol. The molecule has 0 nitrogen and oxygen atoms in total. The molecule has 0 amide bonds. The molecule has 262 valence electrons. The van der Waals surface area contributed by atoms with Gasteiger partial charge in [0.15, 0.2) is 0 Å². The topological polar surface area (TPSA) is 0 Å². The zero-order valence-electron chi connectivity index (χ0n) is 32.3. The first-order valence-electron chi connectivity index (χ1n) is 20.0. The minimum atomic E-state index is -2.22. The van der Waals surface area contributed by atoms with E-state index in [4.69, 9.17) is 0 Å². The minimum absolute atomic E-state index is 0.898. The zero-order chi connectivity index (χ0) is 33.7. The van der Waals surface area contributed by atoms with Crippen molar-refractivity contribution in [3.05, 3.63) is 23.3 Å². The number of fused-ring (bicyclic) bond motifs is 2. The molecule has 0 fully saturated rings. The zero-order valence-corrected chi connectivity index (χ0v) is 39.6. The van der Waals surface area contributed by atoms with E-state index < -0.39 is 36.8 Å². The molecule has 0 spiro atoms. The van der Waals surface area contributed by atoms with Crippen molar-refractivity contribution < 1.29 is 0 Å². The molecule has 0 saturated heterocycles. The number of benzene rings is 1. The Kier molecular flexibility index (Phi) is 18.4. The van der Waals surface area contributed by atoms with Crippen LogP contribution >= 0.6 is 22.7 Å². The van der Waals surface area contributed by atoms with Crippen molar-refractivity contribution in [3.8, 4) is 0 Å². The summed E-state index contributed by atoms with van der Waals surface area (Å²) in [5.74, 6) is 1.80.